The van der Waals surface area contributed by atoms with Gasteiger partial charge in [0.1, 0.15) is 0 Å². The number of fused-ring (bicyclic) bond motifs is 2. The molecule has 4 aliphatic carbocycles. The van der Waals surface area contributed by atoms with Crippen LogP contribution in [0.1, 0.15) is 25.0 Å². The number of furan rings is 1. The molecular weight excluding hydrogens is 256 g/mol. The van der Waals surface area contributed by atoms with Gasteiger partial charge in [0.15, 0.2) is 0 Å². The summed E-state index contributed by atoms with van der Waals surface area (Å²) in [6, 6.07) is 0. The van der Waals surface area contributed by atoms with E-state index in [2.05, 4.69) is 62.5 Å². The van der Waals surface area contributed by atoms with Crippen LogP contribution in [0.4, 0.5) is 0 Å². The molecule has 1 aromatic rings. The van der Waals surface area contributed by atoms with Crippen molar-refractivity contribution < 1.29 is 4.42 Å². The largest absolute Gasteiger partial charge is 0.471 e. The summed E-state index contributed by atoms with van der Waals surface area (Å²) in [7, 11) is 0. The van der Waals surface area contributed by atoms with Crippen molar-refractivity contribution in [2.24, 2.45) is 10.8 Å². The van der Waals surface area contributed by atoms with Crippen LogP contribution in [0, 0.1) is 10.8 Å². The lowest BCUT2D eigenvalue weighted by molar-refractivity contribution is 0.277. The third-order valence-electron chi connectivity index (χ3n) is 5.99. The molecule has 0 bridgehead atoms. The third-order valence-corrected chi connectivity index (χ3v) is 5.99. The van der Waals surface area contributed by atoms with Crippen molar-refractivity contribution in [3.05, 3.63) is 82.9 Å². The highest BCUT2D eigenvalue weighted by atomic mass is 16.3. The van der Waals surface area contributed by atoms with Gasteiger partial charge in [0, 0.05) is 22.0 Å². The van der Waals surface area contributed by atoms with Crippen LogP contribution in [0.5, 0.6) is 0 Å². The average Bonchev–Trinajstić information content (AvgIpc) is 2.92. The Balaban J connectivity index is 1.96. The fourth-order valence-electron chi connectivity index (χ4n) is 4.53. The first kappa shape index (κ1) is 11.4. The van der Waals surface area contributed by atoms with Crippen LogP contribution >= 0.6 is 0 Å². The summed E-state index contributed by atoms with van der Waals surface area (Å²) in [5, 5.41) is 0. The molecule has 0 amide bonds. The molecule has 0 fully saturated rings. The Bertz CT molecular complexity index is 865. The van der Waals surface area contributed by atoms with Crippen LogP contribution in [0.2, 0.25) is 0 Å². The molecule has 1 heteroatoms. The Morgan fingerprint density at radius 1 is 0.810 bits per heavy atom. The van der Waals surface area contributed by atoms with Crippen LogP contribution in [0.3, 0.4) is 0 Å². The highest BCUT2D eigenvalue weighted by molar-refractivity contribution is 5.91. The van der Waals surface area contributed by atoms with Gasteiger partial charge in [-0.15, -0.1) is 0 Å². The van der Waals surface area contributed by atoms with Crippen molar-refractivity contribution in [1.29, 1.82) is 0 Å². The van der Waals surface area contributed by atoms with Gasteiger partial charge in [-0.05, 0) is 28.4 Å². The first-order valence-corrected chi connectivity index (χ1v) is 7.44. The van der Waals surface area contributed by atoms with E-state index in [0.29, 0.717) is 0 Å². The maximum Gasteiger partial charge on any atom is 0.0984 e. The Labute approximate surface area is 124 Å². The summed E-state index contributed by atoms with van der Waals surface area (Å²) in [6.45, 7) is 4.76. The third kappa shape index (κ3) is 1.05. The molecule has 0 aliphatic heterocycles. The van der Waals surface area contributed by atoms with Gasteiger partial charge in [-0.3, -0.25) is 0 Å². The predicted octanol–water partition coefficient (Wildman–Crippen LogP) is 5.08. The molecule has 1 aromatic heterocycles. The number of allylic oxidation sites excluding steroid dienone is 11. The molecule has 0 spiro atoms. The monoisotopic (exact) mass is 272 g/mol. The van der Waals surface area contributed by atoms with Crippen molar-refractivity contribution in [3.63, 3.8) is 0 Å². The normalized spacial score (nSPS) is 34.4. The maximum absolute atomic E-state index is 5.48. The molecular formula is C20H16O. The van der Waals surface area contributed by atoms with Crippen LogP contribution in [0.25, 0.3) is 11.6 Å². The van der Waals surface area contributed by atoms with Gasteiger partial charge in [0.2, 0.25) is 0 Å². The summed E-state index contributed by atoms with van der Waals surface area (Å²) in [5.41, 5.74) is 7.95. The highest BCUT2D eigenvalue weighted by Crippen LogP contribution is 2.67. The minimum Gasteiger partial charge on any atom is -0.471 e. The fraction of sp³-hybridized carbons (Fsp3) is 0.200. The van der Waals surface area contributed by atoms with Crippen molar-refractivity contribution in [1.82, 2.24) is 0 Å². The van der Waals surface area contributed by atoms with E-state index in [4.69, 9.17) is 4.42 Å². The zero-order valence-corrected chi connectivity index (χ0v) is 12.2. The van der Waals surface area contributed by atoms with E-state index in [9.17, 15) is 0 Å². The molecule has 0 aromatic carbocycles. The molecule has 0 N–H and O–H groups in total. The molecule has 0 radical (unpaired) electrons. The lowest BCUT2D eigenvalue weighted by Crippen LogP contribution is -2.46. The van der Waals surface area contributed by atoms with E-state index in [1.54, 1.807) is 0 Å². The van der Waals surface area contributed by atoms with E-state index in [1.165, 1.54) is 33.4 Å². The lowest BCUT2D eigenvalue weighted by Gasteiger charge is -2.56. The second-order valence-electron chi connectivity index (χ2n) is 6.61. The van der Waals surface area contributed by atoms with E-state index in [0.717, 1.165) is 0 Å². The number of hydrogen-bond acceptors (Lipinski definition) is 1. The Kier molecular flexibility index (Phi) is 1.79. The summed E-state index contributed by atoms with van der Waals surface area (Å²) in [4.78, 5) is 0. The fourth-order valence-corrected chi connectivity index (χ4v) is 4.53. The molecule has 2 atom stereocenters. The van der Waals surface area contributed by atoms with Gasteiger partial charge in [-0.1, -0.05) is 56.4 Å². The van der Waals surface area contributed by atoms with Crippen molar-refractivity contribution in [2.75, 3.05) is 0 Å². The molecule has 102 valence electrons. The molecule has 0 saturated heterocycles. The smallest absolute Gasteiger partial charge is 0.0984 e. The summed E-state index contributed by atoms with van der Waals surface area (Å²) >= 11 is 0. The van der Waals surface area contributed by atoms with E-state index < -0.39 is 0 Å². The van der Waals surface area contributed by atoms with E-state index >= 15 is 0 Å². The second-order valence-corrected chi connectivity index (χ2v) is 6.61. The van der Waals surface area contributed by atoms with Gasteiger partial charge in [0.05, 0.1) is 12.5 Å². The number of rotatable bonds is 0. The molecule has 1 nitrogen and oxygen atoms in total. The summed E-state index contributed by atoms with van der Waals surface area (Å²) in [6.07, 6.45) is 21.8. The van der Waals surface area contributed by atoms with Gasteiger partial charge < -0.3 is 4.42 Å². The van der Waals surface area contributed by atoms with Crippen molar-refractivity contribution >= 4 is 11.6 Å². The van der Waals surface area contributed by atoms with Crippen molar-refractivity contribution in [3.8, 4) is 0 Å². The molecule has 21 heavy (non-hydrogen) atoms. The van der Waals surface area contributed by atoms with Gasteiger partial charge in [-0.2, -0.15) is 0 Å². The quantitative estimate of drug-likeness (QED) is 0.642. The van der Waals surface area contributed by atoms with Crippen LogP contribution in [-0.4, -0.2) is 0 Å². The van der Waals surface area contributed by atoms with Gasteiger partial charge in [-0.25, -0.2) is 0 Å². The summed E-state index contributed by atoms with van der Waals surface area (Å²) < 4.78 is 5.48. The van der Waals surface area contributed by atoms with E-state index in [1.807, 2.05) is 12.5 Å². The first-order chi connectivity index (χ1) is 10.2. The van der Waals surface area contributed by atoms with Crippen LogP contribution in [0.15, 0.2) is 76.2 Å². The van der Waals surface area contributed by atoms with E-state index in [-0.39, 0.29) is 10.8 Å². The Morgan fingerprint density at radius 2 is 1.62 bits per heavy atom. The topological polar surface area (TPSA) is 13.1 Å². The second kappa shape index (κ2) is 3.30. The SMILES string of the molecule is C[C@]12C3=CC=CC1=CC=C1c4cocc4C=C(C=C3)[C@@]12C. The van der Waals surface area contributed by atoms with Crippen LogP contribution < -0.4 is 0 Å². The van der Waals surface area contributed by atoms with Gasteiger partial charge in [0.25, 0.3) is 0 Å². The molecule has 0 unspecified atom stereocenters. The standard InChI is InChI=1S/C20H16O/c1-19-14-4-3-5-15(19)8-9-18-17-12-21-11-13(17)10-16(7-6-14)20(18,19)2/h3-12H,1-2H3/t19-,20-/m0/s1. The Hall–Kier alpha value is -2.28. The minimum absolute atomic E-state index is 0.00137. The van der Waals surface area contributed by atoms with Crippen LogP contribution in [-0.2, 0) is 0 Å². The zero-order chi connectivity index (χ0) is 14.2. The zero-order valence-electron chi connectivity index (χ0n) is 12.2. The Morgan fingerprint density at radius 3 is 2.52 bits per heavy atom. The first-order valence-electron chi connectivity index (χ1n) is 7.44. The number of hydrogen-bond donors (Lipinski definition) is 0. The average molecular weight is 272 g/mol. The molecule has 0 saturated carbocycles. The lowest BCUT2D eigenvalue weighted by atomic mass is 9.46. The highest BCUT2D eigenvalue weighted by Gasteiger charge is 2.56. The molecule has 5 rings (SSSR count). The maximum atomic E-state index is 5.48. The molecule has 1 heterocycles. The predicted molar refractivity (Wildman–Crippen MR) is 85.3 cm³/mol. The minimum atomic E-state index is -0.0285. The summed E-state index contributed by atoms with van der Waals surface area (Å²) in [5.74, 6) is 0. The van der Waals surface area contributed by atoms with Gasteiger partial charge >= 0.3 is 0 Å². The molecule has 4 aliphatic rings. The van der Waals surface area contributed by atoms with Crippen molar-refractivity contribution in [2.45, 2.75) is 13.8 Å².